The molecule has 0 aliphatic carbocycles. The number of benzene rings is 3. The summed E-state index contributed by atoms with van der Waals surface area (Å²) in [6.07, 6.45) is 1.62. The lowest BCUT2D eigenvalue weighted by Crippen LogP contribution is -2.27. The van der Waals surface area contributed by atoms with Gasteiger partial charge in [-0.1, -0.05) is 59.6 Å². The molecular weight excluding hydrogens is 469 g/mol. The Labute approximate surface area is 198 Å². The van der Waals surface area contributed by atoms with Crippen LogP contribution >= 0.6 is 35.0 Å². The summed E-state index contributed by atoms with van der Waals surface area (Å²) in [5, 5.41) is 0.493. The Morgan fingerprint density at radius 3 is 2.38 bits per heavy atom. The van der Waals surface area contributed by atoms with Crippen LogP contribution < -0.4 is 4.74 Å². The summed E-state index contributed by atoms with van der Waals surface area (Å²) < 4.78 is 5.35. The first-order valence-electron chi connectivity index (χ1n) is 9.47. The number of carbonyl (C=O) groups excluding carboxylic acids is 3. The first-order valence-corrected chi connectivity index (χ1v) is 11.0. The van der Waals surface area contributed by atoms with Crippen LogP contribution in [0.3, 0.4) is 0 Å². The molecule has 0 unspecified atom stereocenters. The number of ether oxygens (including phenoxy) is 1. The van der Waals surface area contributed by atoms with Crippen molar-refractivity contribution in [3.8, 4) is 5.75 Å². The molecule has 0 saturated carbocycles. The predicted molar refractivity (Wildman–Crippen MR) is 126 cm³/mol. The van der Waals surface area contributed by atoms with Crippen LogP contribution in [0.25, 0.3) is 6.08 Å². The average molecular weight is 484 g/mol. The normalized spacial score (nSPS) is 14.8. The average Bonchev–Trinajstić information content (AvgIpc) is 3.04. The number of esters is 1. The van der Waals surface area contributed by atoms with Gasteiger partial charge in [-0.05, 0) is 65.4 Å². The Morgan fingerprint density at radius 2 is 1.69 bits per heavy atom. The number of hydrogen-bond donors (Lipinski definition) is 0. The number of thioether (sulfide) groups is 1. The lowest BCUT2D eigenvalue weighted by Gasteiger charge is -2.13. The molecule has 160 valence electrons. The van der Waals surface area contributed by atoms with Crippen LogP contribution in [0, 0.1) is 0 Å². The molecule has 1 fully saturated rings. The van der Waals surface area contributed by atoms with E-state index in [2.05, 4.69) is 0 Å². The Balaban J connectivity index is 1.45. The first kappa shape index (κ1) is 22.1. The molecule has 0 radical (unpaired) electrons. The number of nitrogens with zero attached hydrogens (tertiary/aromatic N) is 1. The SMILES string of the molecule is O=C(Oc1ccc(/C=C2\SC(=O)N(Cc3ccc(Cl)cc3Cl)C2=O)cc1)c1ccccc1. The maximum Gasteiger partial charge on any atom is 0.343 e. The van der Waals surface area contributed by atoms with E-state index in [1.807, 2.05) is 6.07 Å². The summed E-state index contributed by atoms with van der Waals surface area (Å²) in [6, 6.07) is 20.3. The number of amides is 2. The molecule has 0 bridgehead atoms. The highest BCUT2D eigenvalue weighted by Crippen LogP contribution is 2.34. The molecule has 1 aliphatic rings. The molecule has 3 aromatic carbocycles. The first-order chi connectivity index (χ1) is 15.4. The monoisotopic (exact) mass is 483 g/mol. The third-order valence-corrected chi connectivity index (χ3v) is 6.11. The van der Waals surface area contributed by atoms with Gasteiger partial charge < -0.3 is 4.74 Å². The second-order valence-corrected chi connectivity index (χ2v) is 8.66. The van der Waals surface area contributed by atoms with Gasteiger partial charge in [0, 0.05) is 10.0 Å². The van der Waals surface area contributed by atoms with Crippen LogP contribution in [0.1, 0.15) is 21.5 Å². The molecule has 0 N–H and O–H groups in total. The number of carbonyl (C=O) groups is 3. The molecule has 1 saturated heterocycles. The zero-order valence-electron chi connectivity index (χ0n) is 16.5. The zero-order valence-corrected chi connectivity index (χ0v) is 18.8. The van der Waals surface area contributed by atoms with Gasteiger partial charge >= 0.3 is 5.97 Å². The van der Waals surface area contributed by atoms with Gasteiger partial charge in [-0.15, -0.1) is 0 Å². The van der Waals surface area contributed by atoms with Crippen molar-refractivity contribution in [2.45, 2.75) is 6.54 Å². The van der Waals surface area contributed by atoms with Gasteiger partial charge in [0.15, 0.2) is 0 Å². The number of hydrogen-bond acceptors (Lipinski definition) is 5. The smallest absolute Gasteiger partial charge is 0.343 e. The summed E-state index contributed by atoms with van der Waals surface area (Å²) in [5.74, 6) is -0.479. The fraction of sp³-hybridized carbons (Fsp3) is 0.0417. The van der Waals surface area contributed by atoms with E-state index in [4.69, 9.17) is 27.9 Å². The molecule has 4 rings (SSSR count). The molecule has 2 amide bonds. The fourth-order valence-corrected chi connectivity index (χ4v) is 4.29. The topological polar surface area (TPSA) is 63.7 Å². The Hall–Kier alpha value is -3.06. The van der Waals surface area contributed by atoms with Gasteiger partial charge in [-0.3, -0.25) is 14.5 Å². The van der Waals surface area contributed by atoms with Gasteiger partial charge in [0.1, 0.15) is 5.75 Å². The van der Waals surface area contributed by atoms with E-state index < -0.39 is 11.9 Å². The Morgan fingerprint density at radius 1 is 0.969 bits per heavy atom. The van der Waals surface area contributed by atoms with Gasteiger partial charge in [0.2, 0.25) is 0 Å². The Bertz CT molecular complexity index is 1230. The number of rotatable bonds is 5. The summed E-state index contributed by atoms with van der Waals surface area (Å²) >= 11 is 12.9. The van der Waals surface area contributed by atoms with E-state index in [1.54, 1.807) is 72.8 Å². The molecule has 8 heteroatoms. The van der Waals surface area contributed by atoms with Crippen molar-refractivity contribution in [2.75, 3.05) is 0 Å². The fourth-order valence-electron chi connectivity index (χ4n) is 2.98. The van der Waals surface area contributed by atoms with E-state index in [-0.39, 0.29) is 11.8 Å². The summed E-state index contributed by atoms with van der Waals surface area (Å²) in [4.78, 5) is 38.7. The summed E-state index contributed by atoms with van der Waals surface area (Å²) in [6.45, 7) is 0.0619. The van der Waals surface area contributed by atoms with E-state index in [9.17, 15) is 14.4 Å². The molecule has 0 atom stereocenters. The predicted octanol–water partition coefficient (Wildman–Crippen LogP) is 6.45. The molecule has 0 spiro atoms. The molecule has 3 aromatic rings. The minimum absolute atomic E-state index is 0.0619. The summed E-state index contributed by atoms with van der Waals surface area (Å²) in [7, 11) is 0. The highest BCUT2D eigenvalue weighted by atomic mass is 35.5. The van der Waals surface area contributed by atoms with Crippen molar-refractivity contribution >= 4 is 58.2 Å². The maximum atomic E-state index is 12.7. The van der Waals surface area contributed by atoms with Crippen LogP contribution in [0.15, 0.2) is 77.7 Å². The van der Waals surface area contributed by atoms with Crippen LogP contribution in [0.2, 0.25) is 10.0 Å². The molecule has 5 nitrogen and oxygen atoms in total. The van der Waals surface area contributed by atoms with Crippen LogP contribution in [-0.4, -0.2) is 22.0 Å². The third kappa shape index (κ3) is 5.05. The lowest BCUT2D eigenvalue weighted by atomic mass is 10.2. The second kappa shape index (κ2) is 9.61. The van der Waals surface area contributed by atoms with Crippen molar-refractivity contribution in [1.29, 1.82) is 0 Å². The minimum atomic E-state index is -0.458. The highest BCUT2D eigenvalue weighted by Gasteiger charge is 2.35. The van der Waals surface area contributed by atoms with E-state index >= 15 is 0 Å². The van der Waals surface area contributed by atoms with Crippen LogP contribution in [0.5, 0.6) is 5.75 Å². The maximum absolute atomic E-state index is 12.7. The third-order valence-electron chi connectivity index (χ3n) is 4.62. The largest absolute Gasteiger partial charge is 0.423 e. The van der Waals surface area contributed by atoms with Crippen LogP contribution in [0.4, 0.5) is 4.79 Å². The van der Waals surface area contributed by atoms with Crippen molar-refractivity contribution in [3.63, 3.8) is 0 Å². The molecule has 1 aliphatic heterocycles. The lowest BCUT2D eigenvalue weighted by molar-refractivity contribution is -0.123. The highest BCUT2D eigenvalue weighted by molar-refractivity contribution is 8.18. The van der Waals surface area contributed by atoms with Crippen molar-refractivity contribution in [2.24, 2.45) is 0 Å². The standard InChI is InChI=1S/C24H15Cl2NO4S/c25-18-9-8-17(20(26)13-18)14-27-22(28)21(32-24(27)30)12-15-6-10-19(11-7-15)31-23(29)16-4-2-1-3-5-16/h1-13H,14H2/b21-12-. The van der Waals surface area contributed by atoms with Crippen molar-refractivity contribution in [1.82, 2.24) is 4.90 Å². The number of halogens is 2. The quantitative estimate of drug-likeness (QED) is 0.237. The van der Waals surface area contributed by atoms with Gasteiger partial charge in [-0.25, -0.2) is 4.79 Å². The molecular formula is C24H15Cl2NO4S. The molecule has 0 aromatic heterocycles. The van der Waals surface area contributed by atoms with E-state index in [1.165, 1.54) is 0 Å². The minimum Gasteiger partial charge on any atom is -0.423 e. The molecule has 1 heterocycles. The van der Waals surface area contributed by atoms with Crippen molar-refractivity contribution < 1.29 is 19.1 Å². The van der Waals surface area contributed by atoms with Gasteiger partial charge in [0.25, 0.3) is 11.1 Å². The van der Waals surface area contributed by atoms with Gasteiger partial charge in [0.05, 0.1) is 17.0 Å². The number of imide groups is 1. The van der Waals surface area contributed by atoms with E-state index in [0.29, 0.717) is 37.4 Å². The van der Waals surface area contributed by atoms with Gasteiger partial charge in [-0.2, -0.15) is 0 Å². The zero-order chi connectivity index (χ0) is 22.7. The molecule has 32 heavy (non-hydrogen) atoms. The van der Waals surface area contributed by atoms with Crippen molar-refractivity contribution in [3.05, 3.63) is 104 Å². The second-order valence-electron chi connectivity index (χ2n) is 6.83. The van der Waals surface area contributed by atoms with Crippen LogP contribution in [-0.2, 0) is 11.3 Å². The summed E-state index contributed by atoms with van der Waals surface area (Å²) in [5.41, 5.74) is 1.77. The van der Waals surface area contributed by atoms with E-state index in [0.717, 1.165) is 16.7 Å². The Kier molecular flexibility index (Phi) is 6.65.